The van der Waals surface area contributed by atoms with E-state index >= 15 is 0 Å². The summed E-state index contributed by atoms with van der Waals surface area (Å²) in [6.45, 7) is 0. The Morgan fingerprint density at radius 2 is 1.05 bits per heavy atom. The van der Waals surface area contributed by atoms with Gasteiger partial charge in [0.25, 0.3) is 20.2 Å². The van der Waals surface area contributed by atoms with E-state index in [9.17, 15) is 56.0 Å². The molecule has 9 unspecified atom stereocenters. The van der Waals surface area contributed by atoms with Crippen molar-refractivity contribution in [1.82, 2.24) is 0 Å². The molecule has 0 saturated heterocycles. The van der Waals surface area contributed by atoms with Gasteiger partial charge in [0.1, 0.15) is 12.6 Å². The Labute approximate surface area is 254 Å². The lowest BCUT2D eigenvalue weighted by atomic mass is 9.70. The number of fused-ring (bicyclic) bond motifs is 8. The van der Waals surface area contributed by atoms with E-state index in [2.05, 4.69) is 0 Å². The number of rotatable bonds is 4. The van der Waals surface area contributed by atoms with Crippen LogP contribution in [0, 0.1) is 29.6 Å². The van der Waals surface area contributed by atoms with Crippen LogP contribution in [0.4, 0.5) is 0 Å². The molecule has 0 spiro atoms. The average molecular weight is 651 g/mol. The van der Waals surface area contributed by atoms with Crippen molar-refractivity contribution in [2.24, 2.45) is 29.6 Å². The minimum absolute atomic E-state index is 0.0818. The van der Waals surface area contributed by atoms with Crippen LogP contribution in [0.3, 0.4) is 0 Å². The van der Waals surface area contributed by atoms with Gasteiger partial charge in [-0.25, -0.2) is 0 Å². The quantitative estimate of drug-likeness (QED) is 0.143. The van der Waals surface area contributed by atoms with Crippen LogP contribution in [0.1, 0.15) is 32.1 Å². The predicted octanol–water partition coefficient (Wildman–Crippen LogP) is 1.10. The van der Waals surface area contributed by atoms with Gasteiger partial charge < -0.3 is 25.2 Å². The first-order valence-corrected chi connectivity index (χ1v) is 17.0. The number of hydrogen-bond donors (Lipinski definition) is 6. The Hall–Kier alpha value is -2.82. The minimum Gasteiger partial charge on any atom is -0.388 e. The fourth-order valence-electron chi connectivity index (χ4n) is 7.01. The Bertz CT molecular complexity index is 1670. The predicted molar refractivity (Wildman–Crippen MR) is 156 cm³/mol. The lowest BCUT2D eigenvalue weighted by Crippen LogP contribution is -2.37. The highest BCUT2D eigenvalue weighted by molar-refractivity contribution is 7.90. The second-order valence-corrected chi connectivity index (χ2v) is 15.0. The summed E-state index contributed by atoms with van der Waals surface area (Å²) in [6, 6.07) is 0. The van der Waals surface area contributed by atoms with Gasteiger partial charge in [-0.3, -0.25) is 13.9 Å². The van der Waals surface area contributed by atoms with Crippen molar-refractivity contribution in [3.05, 3.63) is 80.2 Å². The summed E-state index contributed by atoms with van der Waals surface area (Å²) >= 11 is 0. The lowest BCUT2D eigenvalue weighted by Gasteiger charge is -2.38. The van der Waals surface area contributed by atoms with Crippen molar-refractivity contribution in [3.63, 3.8) is 0 Å². The van der Waals surface area contributed by atoms with Crippen molar-refractivity contribution in [2.45, 2.75) is 56.5 Å². The van der Waals surface area contributed by atoms with E-state index < -0.39 is 84.1 Å². The zero-order valence-electron chi connectivity index (χ0n) is 23.4. The minimum atomic E-state index is -4.74. The van der Waals surface area contributed by atoms with E-state index in [4.69, 9.17) is 0 Å². The average Bonchev–Trinajstić information content (AvgIpc) is 2.94. The van der Waals surface area contributed by atoms with Crippen LogP contribution in [0.2, 0.25) is 0 Å². The molecule has 6 N–H and O–H groups in total. The van der Waals surface area contributed by atoms with Gasteiger partial charge in [-0.2, -0.15) is 16.8 Å². The first kappa shape index (κ1) is 32.6. The summed E-state index contributed by atoms with van der Waals surface area (Å²) in [7, 11) is -9.47. The van der Waals surface area contributed by atoms with Gasteiger partial charge in [0.2, 0.25) is 0 Å². The van der Waals surface area contributed by atoms with Crippen molar-refractivity contribution in [1.29, 1.82) is 0 Å². The summed E-state index contributed by atoms with van der Waals surface area (Å²) < 4.78 is 68.6. The first-order valence-electron chi connectivity index (χ1n) is 14.1. The van der Waals surface area contributed by atoms with E-state index in [1.165, 1.54) is 18.2 Å². The second kappa shape index (κ2) is 12.2. The molecule has 5 aliphatic carbocycles. The molecule has 0 aromatic rings. The van der Waals surface area contributed by atoms with Crippen LogP contribution in [0.5, 0.6) is 0 Å². The van der Waals surface area contributed by atoms with E-state index in [0.717, 1.165) is 24.3 Å². The van der Waals surface area contributed by atoms with E-state index in [0.29, 0.717) is 18.1 Å². The molecule has 5 rings (SSSR count). The molecule has 12 nitrogen and oxygen atoms in total. The molecule has 0 amide bonds. The SMILES string of the molecule is O=CC1=CC2CC3=CC(S(=O)(=O)O)=CC(CC4=CC(C=O)CC(CC5=CC(S(=O)(=O)O)=CC(CC(=C1)C2O)C5O)C4O)C3O. The number of hydrogen-bond acceptors (Lipinski definition) is 10. The van der Waals surface area contributed by atoms with Crippen LogP contribution in [0.25, 0.3) is 0 Å². The van der Waals surface area contributed by atoms with E-state index in [1.807, 2.05) is 0 Å². The molecule has 238 valence electrons. The molecule has 14 heteroatoms. The Balaban J connectivity index is 1.67. The van der Waals surface area contributed by atoms with Crippen LogP contribution < -0.4 is 0 Å². The van der Waals surface area contributed by atoms with E-state index in [1.54, 1.807) is 0 Å². The van der Waals surface area contributed by atoms with Gasteiger partial charge in [-0.1, -0.05) is 30.4 Å². The van der Waals surface area contributed by atoms with Gasteiger partial charge >= 0.3 is 0 Å². The smallest absolute Gasteiger partial charge is 0.294 e. The first-order chi connectivity index (χ1) is 20.6. The van der Waals surface area contributed by atoms with Crippen LogP contribution in [-0.4, -0.2) is 83.4 Å². The van der Waals surface area contributed by atoms with Crippen LogP contribution in [-0.2, 0) is 29.8 Å². The topological polar surface area (TPSA) is 224 Å². The van der Waals surface area contributed by atoms with Crippen molar-refractivity contribution < 1.29 is 56.0 Å². The highest BCUT2D eigenvalue weighted by Crippen LogP contribution is 2.43. The van der Waals surface area contributed by atoms with E-state index in [-0.39, 0.29) is 54.4 Å². The molecule has 0 aliphatic heterocycles. The Morgan fingerprint density at radius 1 is 0.591 bits per heavy atom. The summed E-state index contributed by atoms with van der Waals surface area (Å²) in [4.78, 5) is 22.8. The molecule has 5 aliphatic rings. The third-order valence-corrected chi connectivity index (χ3v) is 10.9. The molecule has 0 aromatic carbocycles. The third-order valence-electron chi connectivity index (χ3n) is 9.18. The monoisotopic (exact) mass is 650 g/mol. The zero-order chi connectivity index (χ0) is 32.1. The fraction of sp³-hybridized carbons (Fsp3) is 0.467. The standard InChI is InChI=1S/C30H34O12S2/c31-13-15-1-17-5-21-9-25(43(37,38)39)11-23(29(21)35)7-19-3-16(14-32)4-20(28(19)34)8-24-12-26(44(40,41)42)10-22(30(24)36)6-18(2-15)27(17)33/h1-3,9-14,16-17,20,22-23,27-30,33-36H,4-8H2,(H,37,38,39)(H,40,41,42). The van der Waals surface area contributed by atoms with Gasteiger partial charge in [0.05, 0.1) is 34.2 Å². The van der Waals surface area contributed by atoms with Crippen molar-refractivity contribution in [2.75, 3.05) is 0 Å². The number of allylic oxidation sites excluding steroid dienone is 5. The second-order valence-electron chi connectivity index (χ2n) is 12.2. The van der Waals surface area contributed by atoms with Gasteiger partial charge in [-0.05, 0) is 72.5 Å². The molecular formula is C30H34O12S2. The molecule has 0 aromatic heterocycles. The normalized spacial score (nSPS) is 36.3. The lowest BCUT2D eigenvalue weighted by molar-refractivity contribution is -0.110. The highest BCUT2D eigenvalue weighted by Gasteiger charge is 2.40. The maximum atomic E-state index is 12.2. The Kier molecular flexibility index (Phi) is 9.01. The molecule has 0 heterocycles. The van der Waals surface area contributed by atoms with Crippen LogP contribution >= 0.6 is 0 Å². The zero-order valence-corrected chi connectivity index (χ0v) is 25.0. The van der Waals surface area contributed by atoms with Crippen molar-refractivity contribution >= 4 is 32.8 Å². The molecule has 1 saturated carbocycles. The number of carbonyl (C=O) groups excluding carboxylic acids is 2. The number of carbonyl (C=O) groups is 2. The van der Waals surface area contributed by atoms with Crippen molar-refractivity contribution in [3.8, 4) is 0 Å². The maximum absolute atomic E-state index is 12.2. The fourth-order valence-corrected chi connectivity index (χ4v) is 8.31. The van der Waals surface area contributed by atoms with Gasteiger partial charge in [0.15, 0.2) is 0 Å². The van der Waals surface area contributed by atoms with Gasteiger partial charge in [0, 0.05) is 29.2 Å². The number of aliphatic hydroxyl groups is 4. The molecular weight excluding hydrogens is 616 g/mol. The highest BCUT2D eigenvalue weighted by atomic mass is 32.2. The number of aldehydes is 2. The molecule has 8 bridgehead atoms. The molecule has 9 atom stereocenters. The molecule has 0 radical (unpaired) electrons. The summed E-state index contributed by atoms with van der Waals surface area (Å²) in [5.41, 5.74) is 1.01. The third kappa shape index (κ3) is 6.58. The Morgan fingerprint density at radius 3 is 1.52 bits per heavy atom. The van der Waals surface area contributed by atoms with Gasteiger partial charge in [-0.15, -0.1) is 0 Å². The number of aliphatic hydroxyl groups excluding tert-OH is 4. The van der Waals surface area contributed by atoms with Crippen LogP contribution in [0.15, 0.2) is 80.2 Å². The maximum Gasteiger partial charge on any atom is 0.294 e. The largest absolute Gasteiger partial charge is 0.388 e. The summed E-state index contributed by atoms with van der Waals surface area (Å²) in [6.07, 6.45) is 4.65. The molecule has 1 fully saturated rings. The molecule has 44 heavy (non-hydrogen) atoms. The summed E-state index contributed by atoms with van der Waals surface area (Å²) in [5.74, 6) is -4.22. The summed E-state index contributed by atoms with van der Waals surface area (Å²) in [5, 5.41) is 45.6.